The van der Waals surface area contributed by atoms with E-state index < -0.39 is 16.3 Å². The van der Waals surface area contributed by atoms with Gasteiger partial charge < -0.3 is 19.3 Å². The van der Waals surface area contributed by atoms with Gasteiger partial charge in [0.25, 0.3) is 0 Å². The molecule has 2 aromatic rings. The first-order chi connectivity index (χ1) is 15.9. The number of anilines is 2. The van der Waals surface area contributed by atoms with E-state index in [9.17, 15) is 17.6 Å². The van der Waals surface area contributed by atoms with Crippen LogP contribution in [0.15, 0.2) is 41.3 Å². The summed E-state index contributed by atoms with van der Waals surface area (Å²) >= 11 is 0. The number of piperidine rings is 1. The van der Waals surface area contributed by atoms with Crippen molar-refractivity contribution in [3.05, 3.63) is 47.8 Å². The number of rotatable bonds is 4. The first-order valence-corrected chi connectivity index (χ1v) is 12.4. The van der Waals surface area contributed by atoms with Gasteiger partial charge in [-0.1, -0.05) is 0 Å². The Morgan fingerprint density at radius 2 is 1.82 bits per heavy atom. The van der Waals surface area contributed by atoms with Crippen LogP contribution in [-0.4, -0.2) is 64.6 Å². The van der Waals surface area contributed by atoms with Crippen LogP contribution in [0.5, 0.6) is 5.75 Å². The van der Waals surface area contributed by atoms with Gasteiger partial charge in [0.05, 0.1) is 23.7 Å². The summed E-state index contributed by atoms with van der Waals surface area (Å²) < 4.78 is 53.1. The van der Waals surface area contributed by atoms with Crippen LogP contribution in [0.1, 0.15) is 18.4 Å². The topological polar surface area (TPSA) is 79.4 Å². The molecule has 1 atom stereocenters. The van der Waals surface area contributed by atoms with Gasteiger partial charge in [-0.3, -0.25) is 4.79 Å². The van der Waals surface area contributed by atoms with Crippen LogP contribution < -0.4 is 14.5 Å². The van der Waals surface area contributed by atoms with E-state index in [1.165, 1.54) is 16.4 Å². The normalized spacial score (nSPS) is 21.8. The van der Waals surface area contributed by atoms with E-state index in [2.05, 4.69) is 0 Å². The van der Waals surface area contributed by atoms with Crippen LogP contribution in [0.4, 0.5) is 15.8 Å². The van der Waals surface area contributed by atoms with E-state index in [4.69, 9.17) is 9.47 Å². The Kier molecular flexibility index (Phi) is 5.75. The summed E-state index contributed by atoms with van der Waals surface area (Å²) in [6, 6.07) is 9.35. The molecule has 1 fully saturated rings. The van der Waals surface area contributed by atoms with Crippen molar-refractivity contribution >= 4 is 27.7 Å². The number of carbonyl (C=O) groups excluding carboxylic acids is 1. The number of carbonyl (C=O) groups is 1. The minimum atomic E-state index is -3.69. The zero-order chi connectivity index (χ0) is 23.2. The fraction of sp³-hybridized carbons (Fsp3) is 0.435. The SMILES string of the molecule is CN1CCOc2cc(S(=O)(=O)N3CCC(N4c5ccc(F)cc5COC4C=O)CC3)ccc21. The number of halogens is 1. The Morgan fingerprint density at radius 3 is 2.58 bits per heavy atom. The summed E-state index contributed by atoms with van der Waals surface area (Å²) in [6.45, 7) is 2.05. The molecule has 0 aromatic heterocycles. The third-order valence-electron chi connectivity index (χ3n) is 6.60. The van der Waals surface area contributed by atoms with Crippen LogP contribution in [0, 0.1) is 5.82 Å². The molecule has 0 aliphatic carbocycles. The molecule has 33 heavy (non-hydrogen) atoms. The average molecular weight is 476 g/mol. The lowest BCUT2D eigenvalue weighted by Gasteiger charge is -2.44. The van der Waals surface area contributed by atoms with E-state index >= 15 is 0 Å². The maximum atomic E-state index is 13.7. The largest absolute Gasteiger partial charge is 0.490 e. The monoisotopic (exact) mass is 475 g/mol. The molecule has 1 unspecified atom stereocenters. The number of aldehydes is 1. The molecule has 176 valence electrons. The standard InChI is InChI=1S/C23H26FN3O5S/c1-25-10-11-31-22-13-19(3-5-21(22)25)33(29,30)26-8-6-18(7-9-26)27-20-4-2-17(24)12-16(20)15-32-23(27)14-28/h2-5,12-14,18,23H,6-11,15H2,1H3. The Morgan fingerprint density at radius 1 is 1.06 bits per heavy atom. The predicted octanol–water partition coefficient (Wildman–Crippen LogP) is 2.37. The van der Waals surface area contributed by atoms with Crippen LogP contribution in [0.3, 0.4) is 0 Å². The molecule has 0 radical (unpaired) electrons. The smallest absolute Gasteiger partial charge is 0.243 e. The van der Waals surface area contributed by atoms with Gasteiger partial charge in [0.2, 0.25) is 10.0 Å². The Bertz CT molecular complexity index is 1170. The fourth-order valence-corrected chi connectivity index (χ4v) is 6.32. The van der Waals surface area contributed by atoms with Gasteiger partial charge in [0.15, 0.2) is 12.5 Å². The van der Waals surface area contributed by atoms with Crippen LogP contribution >= 0.6 is 0 Å². The highest BCUT2D eigenvalue weighted by Crippen LogP contribution is 2.36. The van der Waals surface area contributed by atoms with Gasteiger partial charge in [0.1, 0.15) is 18.2 Å². The predicted molar refractivity (Wildman–Crippen MR) is 121 cm³/mol. The molecule has 0 bridgehead atoms. The van der Waals surface area contributed by atoms with E-state index in [0.717, 1.165) is 24.2 Å². The van der Waals surface area contributed by atoms with Crippen molar-refractivity contribution in [2.45, 2.75) is 36.6 Å². The minimum absolute atomic E-state index is 0.100. The summed E-state index contributed by atoms with van der Waals surface area (Å²) in [6.07, 6.45) is 1.01. The quantitative estimate of drug-likeness (QED) is 0.628. The molecule has 0 N–H and O–H groups in total. The Labute approximate surface area is 192 Å². The number of likely N-dealkylation sites (N-methyl/N-ethyl adjacent to an activating group) is 1. The maximum absolute atomic E-state index is 13.7. The van der Waals surface area contributed by atoms with Crippen molar-refractivity contribution < 1.29 is 27.1 Å². The molecule has 5 rings (SSSR count). The number of ether oxygens (including phenoxy) is 2. The highest BCUT2D eigenvalue weighted by atomic mass is 32.2. The van der Waals surface area contributed by atoms with Crippen molar-refractivity contribution in [1.82, 2.24) is 4.31 Å². The van der Waals surface area contributed by atoms with Crippen molar-refractivity contribution in [3.63, 3.8) is 0 Å². The average Bonchev–Trinajstić information content (AvgIpc) is 2.83. The molecular weight excluding hydrogens is 449 g/mol. The highest BCUT2D eigenvalue weighted by Gasteiger charge is 2.37. The summed E-state index contributed by atoms with van der Waals surface area (Å²) in [5.41, 5.74) is 2.32. The van der Waals surface area contributed by atoms with E-state index in [-0.39, 0.29) is 23.4 Å². The van der Waals surface area contributed by atoms with Gasteiger partial charge in [-0.05, 0) is 43.2 Å². The van der Waals surface area contributed by atoms with Gasteiger partial charge in [0, 0.05) is 43.5 Å². The molecular formula is C23H26FN3O5S. The maximum Gasteiger partial charge on any atom is 0.243 e. The second-order valence-electron chi connectivity index (χ2n) is 8.55. The molecule has 3 heterocycles. The van der Waals surface area contributed by atoms with Crippen LogP contribution in [-0.2, 0) is 26.2 Å². The first kappa shape index (κ1) is 22.1. The Hall–Kier alpha value is -2.69. The molecule has 2 aromatic carbocycles. The third-order valence-corrected chi connectivity index (χ3v) is 8.50. The zero-order valence-electron chi connectivity index (χ0n) is 18.3. The van der Waals surface area contributed by atoms with Gasteiger partial charge in [-0.15, -0.1) is 0 Å². The number of benzene rings is 2. The summed E-state index contributed by atoms with van der Waals surface area (Å²) in [4.78, 5) is 15.8. The van der Waals surface area contributed by atoms with E-state index in [0.29, 0.717) is 43.9 Å². The number of sulfonamides is 1. The molecule has 8 nitrogen and oxygen atoms in total. The molecule has 3 aliphatic rings. The molecule has 3 aliphatic heterocycles. The van der Waals surface area contributed by atoms with Gasteiger partial charge in [-0.25, -0.2) is 12.8 Å². The zero-order valence-corrected chi connectivity index (χ0v) is 19.1. The lowest BCUT2D eigenvalue weighted by Crippen LogP contribution is -2.53. The minimum Gasteiger partial charge on any atom is -0.490 e. The summed E-state index contributed by atoms with van der Waals surface area (Å²) in [5, 5.41) is 0. The molecule has 0 saturated carbocycles. The number of hydrogen-bond donors (Lipinski definition) is 0. The molecule has 0 spiro atoms. The van der Waals surface area contributed by atoms with Gasteiger partial charge in [-0.2, -0.15) is 4.31 Å². The highest BCUT2D eigenvalue weighted by molar-refractivity contribution is 7.89. The van der Waals surface area contributed by atoms with Crippen LogP contribution in [0.25, 0.3) is 0 Å². The second-order valence-corrected chi connectivity index (χ2v) is 10.5. The lowest BCUT2D eigenvalue weighted by molar-refractivity contribution is -0.120. The molecule has 1 saturated heterocycles. The number of nitrogens with zero attached hydrogens (tertiary/aromatic N) is 3. The molecule has 0 amide bonds. The number of fused-ring (bicyclic) bond motifs is 2. The summed E-state index contributed by atoms with van der Waals surface area (Å²) in [7, 11) is -1.74. The van der Waals surface area contributed by atoms with Crippen molar-refractivity contribution in [2.75, 3.05) is 43.1 Å². The van der Waals surface area contributed by atoms with Crippen molar-refractivity contribution in [3.8, 4) is 5.75 Å². The fourth-order valence-electron chi connectivity index (χ4n) is 4.83. The van der Waals surface area contributed by atoms with E-state index in [1.54, 1.807) is 24.3 Å². The van der Waals surface area contributed by atoms with Crippen molar-refractivity contribution in [1.29, 1.82) is 0 Å². The number of hydrogen-bond acceptors (Lipinski definition) is 7. The van der Waals surface area contributed by atoms with E-state index in [1.807, 2.05) is 16.8 Å². The third kappa shape index (κ3) is 3.96. The van der Waals surface area contributed by atoms with Crippen LogP contribution in [0.2, 0.25) is 0 Å². The second kappa shape index (κ2) is 8.58. The first-order valence-electron chi connectivity index (χ1n) is 11.0. The summed E-state index contributed by atoms with van der Waals surface area (Å²) in [5.74, 6) is 0.214. The van der Waals surface area contributed by atoms with Crippen molar-refractivity contribution in [2.24, 2.45) is 0 Å². The molecule has 10 heteroatoms. The Balaban J connectivity index is 1.34. The van der Waals surface area contributed by atoms with Gasteiger partial charge >= 0.3 is 0 Å². The lowest BCUT2D eigenvalue weighted by atomic mass is 10.0.